The van der Waals surface area contributed by atoms with E-state index in [9.17, 15) is 4.79 Å². The van der Waals surface area contributed by atoms with Crippen LogP contribution in [0.1, 0.15) is 28.9 Å². The first-order chi connectivity index (χ1) is 8.69. The highest BCUT2D eigenvalue weighted by molar-refractivity contribution is 6.30. The Hall–Kier alpha value is -1.88. The molecule has 1 heterocycles. The van der Waals surface area contributed by atoms with E-state index in [1.54, 1.807) is 19.1 Å². The molecule has 5 nitrogen and oxygen atoms in total. The van der Waals surface area contributed by atoms with Crippen LogP contribution in [-0.2, 0) is 11.2 Å². The highest BCUT2D eigenvalue weighted by Crippen LogP contribution is 2.11. The zero-order chi connectivity index (χ0) is 13.0. The van der Waals surface area contributed by atoms with E-state index in [0.29, 0.717) is 23.9 Å². The van der Waals surface area contributed by atoms with E-state index in [1.165, 1.54) is 0 Å². The van der Waals surface area contributed by atoms with E-state index < -0.39 is 5.97 Å². The lowest BCUT2D eigenvalue weighted by Crippen LogP contribution is -2.06. The fourth-order valence-corrected chi connectivity index (χ4v) is 1.59. The number of hydrogen-bond acceptors (Lipinski definition) is 4. The molecule has 1 aromatic heterocycles. The lowest BCUT2D eigenvalue weighted by molar-refractivity contribution is 0.0512. The maximum Gasteiger partial charge on any atom is 0.376 e. The average molecular weight is 266 g/mol. The molecule has 18 heavy (non-hydrogen) atoms. The number of ether oxygens (including phenoxy) is 1. The van der Waals surface area contributed by atoms with Crippen molar-refractivity contribution >= 4 is 17.6 Å². The number of H-pyrrole nitrogens is 1. The van der Waals surface area contributed by atoms with Crippen LogP contribution in [0.15, 0.2) is 24.3 Å². The first-order valence-corrected chi connectivity index (χ1v) is 5.90. The number of halogens is 1. The molecule has 6 heteroatoms. The maximum absolute atomic E-state index is 11.4. The van der Waals surface area contributed by atoms with Crippen LogP contribution in [-0.4, -0.2) is 27.8 Å². The molecule has 0 saturated carbocycles. The molecular weight excluding hydrogens is 254 g/mol. The molecule has 0 aliphatic rings. The number of aromatic nitrogens is 3. The summed E-state index contributed by atoms with van der Waals surface area (Å²) in [4.78, 5) is 14.2. The summed E-state index contributed by atoms with van der Waals surface area (Å²) in [5.41, 5.74) is 1.03. The molecule has 0 aliphatic carbocycles. The Morgan fingerprint density at radius 2 is 2.06 bits per heavy atom. The van der Waals surface area contributed by atoms with Gasteiger partial charge in [-0.3, -0.25) is 0 Å². The second kappa shape index (κ2) is 5.64. The third-order valence-electron chi connectivity index (χ3n) is 2.29. The number of carbonyl (C=O) groups excluding carboxylic acids is 1. The summed E-state index contributed by atoms with van der Waals surface area (Å²) >= 11 is 5.80. The van der Waals surface area contributed by atoms with Crippen LogP contribution in [0.5, 0.6) is 0 Å². The Kier molecular flexibility index (Phi) is 3.94. The summed E-state index contributed by atoms with van der Waals surface area (Å²) in [7, 11) is 0. The van der Waals surface area contributed by atoms with Crippen molar-refractivity contribution in [3.05, 3.63) is 46.5 Å². The fraction of sp³-hybridized carbons (Fsp3) is 0.250. The molecular formula is C12H12ClN3O2. The topological polar surface area (TPSA) is 67.9 Å². The van der Waals surface area contributed by atoms with Crippen molar-refractivity contribution < 1.29 is 9.53 Å². The number of benzene rings is 1. The molecule has 0 spiro atoms. The van der Waals surface area contributed by atoms with Gasteiger partial charge in [0, 0.05) is 11.4 Å². The second-order valence-electron chi connectivity index (χ2n) is 3.64. The predicted molar refractivity (Wildman–Crippen MR) is 66.6 cm³/mol. The smallest absolute Gasteiger partial charge is 0.376 e. The van der Waals surface area contributed by atoms with Crippen LogP contribution in [0.4, 0.5) is 0 Å². The summed E-state index contributed by atoms with van der Waals surface area (Å²) in [6, 6.07) is 7.41. The Morgan fingerprint density at radius 3 is 2.72 bits per heavy atom. The third-order valence-corrected chi connectivity index (χ3v) is 2.54. The number of carbonyl (C=O) groups is 1. The zero-order valence-electron chi connectivity index (χ0n) is 9.81. The summed E-state index contributed by atoms with van der Waals surface area (Å²) in [6.45, 7) is 2.05. The van der Waals surface area contributed by atoms with Crippen LogP contribution >= 0.6 is 11.6 Å². The first kappa shape index (κ1) is 12.6. The minimum atomic E-state index is -0.493. The molecule has 94 valence electrons. The van der Waals surface area contributed by atoms with Gasteiger partial charge in [0.2, 0.25) is 5.82 Å². The Labute approximate surface area is 109 Å². The number of nitrogens with zero attached hydrogens (tertiary/aromatic N) is 2. The van der Waals surface area contributed by atoms with Crippen molar-refractivity contribution in [3.8, 4) is 0 Å². The van der Waals surface area contributed by atoms with Crippen molar-refractivity contribution in [2.45, 2.75) is 13.3 Å². The lowest BCUT2D eigenvalue weighted by atomic mass is 10.1. The van der Waals surface area contributed by atoms with Gasteiger partial charge < -0.3 is 9.72 Å². The van der Waals surface area contributed by atoms with Gasteiger partial charge in [0.25, 0.3) is 0 Å². The molecule has 2 rings (SSSR count). The lowest BCUT2D eigenvalue weighted by Gasteiger charge is -1.98. The van der Waals surface area contributed by atoms with E-state index >= 15 is 0 Å². The Morgan fingerprint density at radius 1 is 1.33 bits per heavy atom. The van der Waals surface area contributed by atoms with Crippen molar-refractivity contribution in [1.29, 1.82) is 0 Å². The predicted octanol–water partition coefficient (Wildman–Crippen LogP) is 2.23. The van der Waals surface area contributed by atoms with E-state index in [4.69, 9.17) is 16.3 Å². The molecule has 0 aliphatic heterocycles. The normalized spacial score (nSPS) is 10.3. The fourth-order valence-electron chi connectivity index (χ4n) is 1.46. The molecule has 0 amide bonds. The van der Waals surface area contributed by atoms with E-state index in [0.717, 1.165) is 5.56 Å². The molecule has 1 N–H and O–H groups in total. The number of nitrogens with one attached hydrogen (secondary N) is 1. The average Bonchev–Trinajstić information content (AvgIpc) is 2.81. The van der Waals surface area contributed by atoms with Crippen LogP contribution in [0.2, 0.25) is 5.02 Å². The molecule has 0 unspecified atom stereocenters. The molecule has 0 saturated heterocycles. The number of hydrogen-bond donors (Lipinski definition) is 1. The van der Waals surface area contributed by atoms with Crippen molar-refractivity contribution in [2.75, 3.05) is 6.61 Å². The quantitative estimate of drug-likeness (QED) is 0.861. The van der Waals surface area contributed by atoms with Gasteiger partial charge in [-0.05, 0) is 24.6 Å². The van der Waals surface area contributed by atoms with Crippen molar-refractivity contribution in [3.63, 3.8) is 0 Å². The Balaban J connectivity index is 2.06. The summed E-state index contributed by atoms with van der Waals surface area (Å²) < 4.78 is 4.82. The number of rotatable bonds is 4. The first-order valence-electron chi connectivity index (χ1n) is 5.52. The van der Waals surface area contributed by atoms with Crippen molar-refractivity contribution in [2.24, 2.45) is 0 Å². The third kappa shape index (κ3) is 3.07. The highest BCUT2D eigenvalue weighted by atomic mass is 35.5. The summed E-state index contributed by atoms with van der Waals surface area (Å²) in [5, 5.41) is 8.32. The minimum Gasteiger partial charge on any atom is -0.460 e. The number of esters is 1. The maximum atomic E-state index is 11.4. The second-order valence-corrected chi connectivity index (χ2v) is 4.08. The van der Waals surface area contributed by atoms with Gasteiger partial charge >= 0.3 is 5.97 Å². The van der Waals surface area contributed by atoms with Gasteiger partial charge in [0.1, 0.15) is 5.82 Å². The van der Waals surface area contributed by atoms with Gasteiger partial charge in [-0.15, -0.1) is 10.2 Å². The van der Waals surface area contributed by atoms with E-state index in [-0.39, 0.29) is 5.82 Å². The highest BCUT2D eigenvalue weighted by Gasteiger charge is 2.12. The molecule has 0 bridgehead atoms. The summed E-state index contributed by atoms with van der Waals surface area (Å²) in [5.74, 6) is 0.244. The van der Waals surface area contributed by atoms with Crippen LogP contribution in [0.3, 0.4) is 0 Å². The van der Waals surface area contributed by atoms with Gasteiger partial charge in [0.15, 0.2) is 0 Å². The van der Waals surface area contributed by atoms with Gasteiger partial charge in [-0.2, -0.15) is 0 Å². The van der Waals surface area contributed by atoms with E-state index in [2.05, 4.69) is 15.2 Å². The molecule has 1 aromatic carbocycles. The largest absolute Gasteiger partial charge is 0.460 e. The minimum absolute atomic E-state index is 0.126. The molecule has 0 radical (unpaired) electrons. The van der Waals surface area contributed by atoms with Gasteiger partial charge in [-0.1, -0.05) is 23.7 Å². The SMILES string of the molecule is CCOC(=O)c1nnc(Cc2ccc(Cl)cc2)[nH]1. The molecule has 2 aromatic rings. The van der Waals surface area contributed by atoms with Gasteiger partial charge in [-0.25, -0.2) is 4.79 Å². The van der Waals surface area contributed by atoms with Crippen LogP contribution in [0.25, 0.3) is 0 Å². The van der Waals surface area contributed by atoms with Crippen LogP contribution in [0, 0.1) is 0 Å². The van der Waals surface area contributed by atoms with Gasteiger partial charge in [0.05, 0.1) is 6.61 Å². The monoisotopic (exact) mass is 265 g/mol. The molecule has 0 fully saturated rings. The number of aromatic amines is 1. The van der Waals surface area contributed by atoms with Crippen molar-refractivity contribution in [1.82, 2.24) is 15.2 Å². The van der Waals surface area contributed by atoms with E-state index in [1.807, 2.05) is 12.1 Å². The zero-order valence-corrected chi connectivity index (χ0v) is 10.6. The van der Waals surface area contributed by atoms with Crippen LogP contribution < -0.4 is 0 Å². The Bertz CT molecular complexity index is 537. The molecule has 0 atom stereocenters. The standard InChI is InChI=1S/C12H12ClN3O2/c1-2-18-12(17)11-14-10(15-16-11)7-8-3-5-9(13)6-4-8/h3-6H,2,7H2,1H3,(H,14,15,16). The summed E-state index contributed by atoms with van der Waals surface area (Å²) in [6.07, 6.45) is 0.559.